The summed E-state index contributed by atoms with van der Waals surface area (Å²) in [5.74, 6) is -0.00212. The van der Waals surface area contributed by atoms with Gasteiger partial charge in [0.15, 0.2) is 5.78 Å². The van der Waals surface area contributed by atoms with E-state index in [1.807, 2.05) is 72.8 Å². The number of ketones is 1. The van der Waals surface area contributed by atoms with E-state index >= 15 is 0 Å². The highest BCUT2D eigenvalue weighted by Gasteiger charge is 2.09. The minimum Gasteiger partial charge on any atom is -0.289 e. The molecule has 1 heterocycles. The van der Waals surface area contributed by atoms with E-state index in [0.29, 0.717) is 11.1 Å². The van der Waals surface area contributed by atoms with Gasteiger partial charge in [0.1, 0.15) is 0 Å². The van der Waals surface area contributed by atoms with Crippen molar-refractivity contribution < 1.29 is 4.79 Å². The fourth-order valence-electron chi connectivity index (χ4n) is 2.06. The van der Waals surface area contributed by atoms with Crippen molar-refractivity contribution in [3.63, 3.8) is 0 Å². The van der Waals surface area contributed by atoms with E-state index in [0.717, 1.165) is 11.3 Å². The predicted octanol–water partition coefficient (Wildman–Crippen LogP) is 3.98. The van der Waals surface area contributed by atoms with Crippen LogP contribution in [0.4, 0.5) is 0 Å². The Bertz CT molecular complexity index is 703. The van der Waals surface area contributed by atoms with Gasteiger partial charge in [-0.2, -0.15) is 0 Å². The molecule has 0 aliphatic rings. The van der Waals surface area contributed by atoms with E-state index in [4.69, 9.17) is 0 Å². The molecular weight excluding hydrogens is 246 g/mol. The molecule has 0 aliphatic heterocycles. The highest BCUT2D eigenvalue weighted by molar-refractivity contribution is 6.08. The SMILES string of the molecule is O=C(c1ccccc1)c1ccc(-c2ccccc2)nc1. The smallest absolute Gasteiger partial charge is 0.194 e. The fourth-order valence-corrected chi connectivity index (χ4v) is 2.06. The number of rotatable bonds is 3. The number of pyridine rings is 1. The van der Waals surface area contributed by atoms with Crippen LogP contribution in [-0.2, 0) is 0 Å². The molecule has 0 radical (unpaired) electrons. The Morgan fingerprint density at radius 1 is 0.700 bits per heavy atom. The topological polar surface area (TPSA) is 30.0 Å². The van der Waals surface area contributed by atoms with Gasteiger partial charge in [-0.15, -0.1) is 0 Å². The lowest BCUT2D eigenvalue weighted by Gasteiger charge is -2.03. The summed E-state index contributed by atoms with van der Waals surface area (Å²) in [7, 11) is 0. The Kier molecular flexibility index (Phi) is 3.38. The molecule has 0 saturated carbocycles. The van der Waals surface area contributed by atoms with E-state index in [1.54, 1.807) is 6.20 Å². The van der Waals surface area contributed by atoms with Gasteiger partial charge in [-0.1, -0.05) is 60.7 Å². The van der Waals surface area contributed by atoms with Crippen LogP contribution in [-0.4, -0.2) is 10.8 Å². The van der Waals surface area contributed by atoms with Crippen molar-refractivity contribution in [2.24, 2.45) is 0 Å². The van der Waals surface area contributed by atoms with E-state index in [2.05, 4.69) is 4.98 Å². The van der Waals surface area contributed by atoms with Crippen LogP contribution in [0.2, 0.25) is 0 Å². The van der Waals surface area contributed by atoms with Crippen molar-refractivity contribution in [2.45, 2.75) is 0 Å². The maximum Gasteiger partial charge on any atom is 0.194 e. The van der Waals surface area contributed by atoms with Gasteiger partial charge in [-0.3, -0.25) is 9.78 Å². The molecule has 0 saturated heterocycles. The molecule has 2 nitrogen and oxygen atoms in total. The number of carbonyl (C=O) groups excluding carboxylic acids is 1. The minimum atomic E-state index is -0.00212. The zero-order chi connectivity index (χ0) is 13.8. The zero-order valence-corrected chi connectivity index (χ0v) is 10.9. The van der Waals surface area contributed by atoms with Crippen molar-refractivity contribution in [1.82, 2.24) is 4.98 Å². The second kappa shape index (κ2) is 5.49. The summed E-state index contributed by atoms with van der Waals surface area (Å²) in [5.41, 5.74) is 3.21. The molecule has 1 aromatic heterocycles. The van der Waals surface area contributed by atoms with E-state index in [9.17, 15) is 4.79 Å². The van der Waals surface area contributed by atoms with Crippen LogP contribution in [0.1, 0.15) is 15.9 Å². The Labute approximate surface area is 117 Å². The molecule has 3 rings (SSSR count). The van der Waals surface area contributed by atoms with Gasteiger partial charge in [-0.25, -0.2) is 0 Å². The van der Waals surface area contributed by atoms with Crippen molar-refractivity contribution in [3.8, 4) is 11.3 Å². The predicted molar refractivity (Wildman–Crippen MR) is 79.5 cm³/mol. The summed E-state index contributed by atoms with van der Waals surface area (Å²) in [6.07, 6.45) is 1.64. The zero-order valence-electron chi connectivity index (χ0n) is 10.9. The highest BCUT2D eigenvalue weighted by atomic mass is 16.1. The Balaban J connectivity index is 1.89. The molecular formula is C18H13NO. The highest BCUT2D eigenvalue weighted by Crippen LogP contribution is 2.17. The van der Waals surface area contributed by atoms with Crippen molar-refractivity contribution in [1.29, 1.82) is 0 Å². The molecule has 96 valence electrons. The van der Waals surface area contributed by atoms with Crippen LogP contribution in [0.15, 0.2) is 79.0 Å². The monoisotopic (exact) mass is 259 g/mol. The molecule has 0 bridgehead atoms. The molecule has 0 unspecified atom stereocenters. The third kappa shape index (κ3) is 2.50. The first-order chi connectivity index (χ1) is 9.84. The molecule has 0 amide bonds. The molecule has 20 heavy (non-hydrogen) atoms. The maximum absolute atomic E-state index is 12.3. The third-order valence-corrected chi connectivity index (χ3v) is 3.13. The molecule has 0 fully saturated rings. The molecule has 0 N–H and O–H groups in total. The lowest BCUT2D eigenvalue weighted by molar-refractivity contribution is 0.103. The van der Waals surface area contributed by atoms with Crippen LogP contribution in [0, 0.1) is 0 Å². The molecule has 2 aromatic carbocycles. The average molecular weight is 259 g/mol. The Morgan fingerprint density at radius 2 is 1.35 bits per heavy atom. The van der Waals surface area contributed by atoms with Gasteiger partial charge >= 0.3 is 0 Å². The van der Waals surface area contributed by atoms with Crippen LogP contribution in [0.3, 0.4) is 0 Å². The normalized spacial score (nSPS) is 10.2. The summed E-state index contributed by atoms with van der Waals surface area (Å²) in [4.78, 5) is 16.6. The first-order valence-electron chi connectivity index (χ1n) is 6.46. The van der Waals surface area contributed by atoms with E-state index < -0.39 is 0 Å². The largest absolute Gasteiger partial charge is 0.289 e. The summed E-state index contributed by atoms with van der Waals surface area (Å²) >= 11 is 0. The fraction of sp³-hybridized carbons (Fsp3) is 0. The van der Waals surface area contributed by atoms with Crippen molar-refractivity contribution >= 4 is 5.78 Å². The van der Waals surface area contributed by atoms with Gasteiger partial charge in [0.05, 0.1) is 5.69 Å². The lowest BCUT2D eigenvalue weighted by atomic mass is 10.0. The van der Waals surface area contributed by atoms with Crippen LogP contribution >= 0.6 is 0 Å². The second-order valence-corrected chi connectivity index (χ2v) is 4.49. The van der Waals surface area contributed by atoms with Gasteiger partial charge < -0.3 is 0 Å². The molecule has 3 aromatic rings. The number of aromatic nitrogens is 1. The van der Waals surface area contributed by atoms with Crippen LogP contribution in [0.25, 0.3) is 11.3 Å². The number of nitrogens with zero attached hydrogens (tertiary/aromatic N) is 1. The van der Waals surface area contributed by atoms with Crippen molar-refractivity contribution in [2.75, 3.05) is 0 Å². The Morgan fingerprint density at radius 3 is 1.95 bits per heavy atom. The van der Waals surface area contributed by atoms with Gasteiger partial charge in [-0.05, 0) is 12.1 Å². The number of benzene rings is 2. The molecule has 0 atom stereocenters. The van der Waals surface area contributed by atoms with Crippen molar-refractivity contribution in [3.05, 3.63) is 90.1 Å². The minimum absolute atomic E-state index is 0.00212. The number of hydrogen-bond acceptors (Lipinski definition) is 2. The van der Waals surface area contributed by atoms with Gasteiger partial charge in [0.25, 0.3) is 0 Å². The summed E-state index contributed by atoms with van der Waals surface area (Å²) in [6, 6.07) is 22.9. The number of hydrogen-bond donors (Lipinski definition) is 0. The third-order valence-electron chi connectivity index (χ3n) is 3.13. The molecule has 0 spiro atoms. The van der Waals surface area contributed by atoms with Crippen LogP contribution in [0.5, 0.6) is 0 Å². The maximum atomic E-state index is 12.3. The van der Waals surface area contributed by atoms with Crippen LogP contribution < -0.4 is 0 Å². The quantitative estimate of drug-likeness (QED) is 0.666. The second-order valence-electron chi connectivity index (χ2n) is 4.49. The molecule has 2 heteroatoms. The standard InChI is InChI=1S/C18H13NO/c20-18(15-9-5-2-6-10-15)16-11-12-17(19-13-16)14-7-3-1-4-8-14/h1-13H. The first-order valence-corrected chi connectivity index (χ1v) is 6.46. The molecule has 0 aliphatic carbocycles. The van der Waals surface area contributed by atoms with E-state index in [1.165, 1.54) is 0 Å². The van der Waals surface area contributed by atoms with Gasteiger partial charge in [0.2, 0.25) is 0 Å². The summed E-state index contributed by atoms with van der Waals surface area (Å²) in [6.45, 7) is 0. The number of carbonyl (C=O) groups is 1. The first kappa shape index (κ1) is 12.3. The summed E-state index contributed by atoms with van der Waals surface area (Å²) in [5, 5.41) is 0. The lowest BCUT2D eigenvalue weighted by Crippen LogP contribution is -2.01. The summed E-state index contributed by atoms with van der Waals surface area (Å²) < 4.78 is 0. The van der Waals surface area contributed by atoms with Gasteiger partial charge in [0, 0.05) is 22.9 Å². The Hall–Kier alpha value is -2.74. The van der Waals surface area contributed by atoms with E-state index in [-0.39, 0.29) is 5.78 Å². The average Bonchev–Trinajstić information content (AvgIpc) is 2.56.